The molecule has 0 N–H and O–H groups in total. The van der Waals surface area contributed by atoms with Gasteiger partial charge in [-0.1, -0.05) is 52.4 Å². The largest absolute Gasteiger partial charge is 4.00 e. The molecule has 0 saturated carbocycles. The van der Waals surface area contributed by atoms with E-state index < -0.39 is 0 Å². The minimum absolute atomic E-state index is 0. The van der Waals surface area contributed by atoms with Gasteiger partial charge < -0.3 is 35.4 Å². The van der Waals surface area contributed by atoms with Gasteiger partial charge in [-0.3, -0.25) is 0 Å². The summed E-state index contributed by atoms with van der Waals surface area (Å²) in [6.07, 6.45) is 8.09. The van der Waals surface area contributed by atoms with E-state index >= 15 is 0 Å². The maximum absolute atomic E-state index is 4.28. The van der Waals surface area contributed by atoms with Gasteiger partial charge in [-0.15, -0.1) is 26.2 Å². The first-order valence-electron chi connectivity index (χ1n) is 7.13. The number of piperidine rings is 2. The van der Waals surface area contributed by atoms with Gasteiger partial charge in [0.1, 0.15) is 0 Å². The first-order chi connectivity index (χ1) is 7.86. The van der Waals surface area contributed by atoms with Crippen molar-refractivity contribution >= 4 is 0 Å². The fourth-order valence-corrected chi connectivity index (χ4v) is 2.42. The van der Waals surface area contributed by atoms with E-state index in [4.69, 9.17) is 0 Å². The van der Waals surface area contributed by atoms with Crippen LogP contribution < -0.4 is 24.8 Å². The summed E-state index contributed by atoms with van der Waals surface area (Å²) in [6, 6.07) is 0. The Morgan fingerprint density at radius 1 is 0.684 bits per heavy atom. The zero-order valence-electron chi connectivity index (χ0n) is 12.2. The molecule has 0 aliphatic carbocycles. The second kappa shape index (κ2) is 17.2. The van der Waals surface area contributed by atoms with E-state index in [1.54, 1.807) is 0 Å². The number of halogens is 2. The molecule has 2 saturated heterocycles. The number of nitrogens with zero attached hydrogens (tertiary/aromatic N) is 2. The fourth-order valence-electron chi connectivity index (χ4n) is 2.42. The number of hydrogen-bond donors (Lipinski definition) is 0. The summed E-state index contributed by atoms with van der Waals surface area (Å²) in [7, 11) is 0. The summed E-state index contributed by atoms with van der Waals surface area (Å²) in [5.74, 6) is 1.99. The SMILES string of the molecule is CCC1CC[N-]CC1.CCC1CC[N-]CC1.[Cl-].[Cl-].[Pt+4]. The summed E-state index contributed by atoms with van der Waals surface area (Å²) in [4.78, 5) is 0. The van der Waals surface area contributed by atoms with Crippen LogP contribution in [0.5, 0.6) is 0 Å². The molecular weight excluding hydrogens is 462 g/mol. The predicted molar refractivity (Wildman–Crippen MR) is 72.2 cm³/mol. The second-order valence-corrected chi connectivity index (χ2v) is 5.04. The summed E-state index contributed by atoms with van der Waals surface area (Å²) < 4.78 is 0. The van der Waals surface area contributed by atoms with Gasteiger partial charge in [0.2, 0.25) is 0 Å². The smallest absolute Gasteiger partial charge is 1.00 e. The molecule has 2 heterocycles. The maximum atomic E-state index is 4.28. The molecule has 0 unspecified atom stereocenters. The standard InChI is InChI=1S/2C7H14N.2ClH.Pt/c2*1-2-7-3-5-8-6-4-7;;;/h2*7H,2-6H2,1H3;2*1H;/q2*-1;;;+4/p-2. The Bertz CT molecular complexity index is 144. The van der Waals surface area contributed by atoms with Crippen molar-refractivity contribution in [2.45, 2.75) is 52.4 Å². The van der Waals surface area contributed by atoms with Gasteiger partial charge in [-0.05, 0) is 11.8 Å². The number of rotatable bonds is 2. The van der Waals surface area contributed by atoms with E-state index in [2.05, 4.69) is 24.5 Å². The molecular formula is C14H28Cl2N2Pt. The topological polar surface area (TPSA) is 28.2 Å². The molecule has 2 rings (SSSR count). The predicted octanol–water partition coefficient (Wildman–Crippen LogP) is -1.63. The van der Waals surface area contributed by atoms with Crippen molar-refractivity contribution in [2.75, 3.05) is 26.2 Å². The van der Waals surface area contributed by atoms with Crippen LogP contribution in [0.25, 0.3) is 10.6 Å². The molecule has 0 spiro atoms. The van der Waals surface area contributed by atoms with Crippen LogP contribution in [0.2, 0.25) is 0 Å². The molecule has 0 amide bonds. The molecule has 0 aromatic rings. The zero-order chi connectivity index (χ0) is 11.6. The molecule has 5 heteroatoms. The summed E-state index contributed by atoms with van der Waals surface area (Å²) in [5, 5.41) is 8.55. The molecule has 0 bridgehead atoms. The summed E-state index contributed by atoms with van der Waals surface area (Å²) in [5.41, 5.74) is 0. The Morgan fingerprint density at radius 2 is 0.947 bits per heavy atom. The third kappa shape index (κ3) is 12.6. The van der Waals surface area contributed by atoms with Crippen LogP contribution in [0.15, 0.2) is 0 Å². The molecule has 0 aromatic heterocycles. The molecule has 2 aliphatic heterocycles. The van der Waals surface area contributed by atoms with Gasteiger partial charge in [0, 0.05) is 0 Å². The van der Waals surface area contributed by atoms with Crippen LogP contribution in [-0.2, 0) is 21.1 Å². The van der Waals surface area contributed by atoms with Crippen LogP contribution in [0.4, 0.5) is 0 Å². The van der Waals surface area contributed by atoms with Crippen molar-refractivity contribution in [2.24, 2.45) is 11.8 Å². The molecule has 2 nitrogen and oxygen atoms in total. The maximum Gasteiger partial charge on any atom is 4.00 e. The molecule has 19 heavy (non-hydrogen) atoms. The van der Waals surface area contributed by atoms with Crippen LogP contribution in [0, 0.1) is 11.8 Å². The first-order valence-corrected chi connectivity index (χ1v) is 7.13. The van der Waals surface area contributed by atoms with Crippen LogP contribution >= 0.6 is 0 Å². The fraction of sp³-hybridized carbons (Fsp3) is 1.00. The van der Waals surface area contributed by atoms with E-state index in [9.17, 15) is 0 Å². The quantitative estimate of drug-likeness (QED) is 0.445. The third-order valence-electron chi connectivity index (χ3n) is 3.94. The monoisotopic (exact) mass is 489 g/mol. The van der Waals surface area contributed by atoms with Crippen LogP contribution in [0.1, 0.15) is 52.4 Å². The zero-order valence-corrected chi connectivity index (χ0v) is 16.0. The molecule has 0 radical (unpaired) electrons. The minimum Gasteiger partial charge on any atom is -1.00 e. The van der Waals surface area contributed by atoms with Gasteiger partial charge >= 0.3 is 21.1 Å². The third-order valence-corrected chi connectivity index (χ3v) is 3.94. The minimum atomic E-state index is 0. The summed E-state index contributed by atoms with van der Waals surface area (Å²) in [6.45, 7) is 9.04. The molecule has 2 aliphatic rings. The Labute approximate surface area is 146 Å². The van der Waals surface area contributed by atoms with E-state index in [1.165, 1.54) is 38.5 Å². The molecule has 2 fully saturated rings. The Balaban J connectivity index is -0.000000233. The van der Waals surface area contributed by atoms with E-state index in [0.717, 1.165) is 38.0 Å². The van der Waals surface area contributed by atoms with Crippen molar-refractivity contribution < 1.29 is 45.9 Å². The Hall–Kier alpha value is 1.19. The van der Waals surface area contributed by atoms with Gasteiger partial charge in [0.05, 0.1) is 0 Å². The van der Waals surface area contributed by atoms with Crippen LogP contribution in [0.3, 0.4) is 0 Å². The van der Waals surface area contributed by atoms with Gasteiger partial charge in [-0.2, -0.15) is 0 Å². The van der Waals surface area contributed by atoms with Crippen molar-refractivity contribution in [3.05, 3.63) is 10.6 Å². The normalized spacial score (nSPS) is 19.9. The van der Waals surface area contributed by atoms with Gasteiger partial charge in [0.25, 0.3) is 0 Å². The Morgan fingerprint density at radius 3 is 1.11 bits per heavy atom. The van der Waals surface area contributed by atoms with Crippen molar-refractivity contribution in [3.63, 3.8) is 0 Å². The average molecular weight is 490 g/mol. The van der Waals surface area contributed by atoms with Gasteiger partial charge in [0.15, 0.2) is 0 Å². The first kappa shape index (κ1) is 25.2. The van der Waals surface area contributed by atoms with E-state index in [-0.39, 0.29) is 45.9 Å². The van der Waals surface area contributed by atoms with Crippen molar-refractivity contribution in [3.8, 4) is 0 Å². The molecule has 0 aromatic carbocycles. The van der Waals surface area contributed by atoms with Crippen molar-refractivity contribution in [1.29, 1.82) is 0 Å². The van der Waals surface area contributed by atoms with Crippen molar-refractivity contribution in [1.82, 2.24) is 0 Å². The van der Waals surface area contributed by atoms with Crippen LogP contribution in [-0.4, -0.2) is 26.2 Å². The molecule has 118 valence electrons. The Kier molecular flexibility index (Phi) is 22.8. The summed E-state index contributed by atoms with van der Waals surface area (Å²) >= 11 is 0. The second-order valence-electron chi connectivity index (χ2n) is 5.04. The van der Waals surface area contributed by atoms with E-state index in [1.807, 2.05) is 0 Å². The van der Waals surface area contributed by atoms with Gasteiger partial charge in [-0.25, -0.2) is 0 Å². The average Bonchev–Trinajstić information content (AvgIpc) is 2.41. The van der Waals surface area contributed by atoms with E-state index in [0.29, 0.717) is 0 Å². The number of hydrogen-bond acceptors (Lipinski definition) is 0. The molecule has 0 atom stereocenters.